The Bertz CT molecular complexity index is 790. The van der Waals surface area contributed by atoms with Crippen molar-refractivity contribution in [2.75, 3.05) is 0 Å². The van der Waals surface area contributed by atoms with Crippen LogP contribution in [-0.2, 0) is 21.4 Å². The van der Waals surface area contributed by atoms with E-state index in [1.165, 1.54) is 32.1 Å². The molecule has 1 aromatic rings. The van der Waals surface area contributed by atoms with E-state index < -0.39 is 40.6 Å². The molecule has 26 heavy (non-hydrogen) atoms. The van der Waals surface area contributed by atoms with Gasteiger partial charge in [0.2, 0.25) is 0 Å². The normalized spacial score (nSPS) is 25.3. The zero-order chi connectivity index (χ0) is 19.9. The lowest BCUT2D eigenvalue weighted by atomic mass is 9.61. The molecule has 0 bridgehead atoms. The third-order valence-corrected chi connectivity index (χ3v) is 4.70. The second-order valence-electron chi connectivity index (χ2n) is 6.53. The molecule has 0 heterocycles. The molecule has 1 aromatic carbocycles. The summed E-state index contributed by atoms with van der Waals surface area (Å²) < 4.78 is 38.2. The van der Waals surface area contributed by atoms with Gasteiger partial charge in [0, 0.05) is 11.5 Å². The van der Waals surface area contributed by atoms with Crippen molar-refractivity contribution in [1.29, 1.82) is 0 Å². The lowest BCUT2D eigenvalue weighted by Gasteiger charge is -2.43. The largest absolute Gasteiger partial charge is 0.481 e. The molecule has 1 aliphatic carbocycles. The topological polar surface area (TPSA) is 94.8 Å². The van der Waals surface area contributed by atoms with Crippen LogP contribution in [0.5, 0.6) is 0 Å². The van der Waals surface area contributed by atoms with E-state index in [-0.39, 0.29) is 11.1 Å². The molecule has 0 radical (unpaired) electrons. The molecule has 2 rings (SSSR count). The number of hydrogen-bond acceptors (Lipinski definition) is 3. The summed E-state index contributed by atoms with van der Waals surface area (Å²) in [6.45, 7) is 2.45. The van der Waals surface area contributed by atoms with Gasteiger partial charge in [0.05, 0.1) is 16.6 Å². The van der Waals surface area contributed by atoms with Crippen molar-refractivity contribution in [3.63, 3.8) is 0 Å². The Hall–Kier alpha value is -2.61. The lowest BCUT2D eigenvalue weighted by Crippen LogP contribution is -2.49. The summed E-state index contributed by atoms with van der Waals surface area (Å²) in [6.07, 6.45) is -0.863. The molecule has 0 amide bonds. The van der Waals surface area contributed by atoms with Crippen molar-refractivity contribution in [2.24, 2.45) is 11.3 Å². The molecule has 3 atom stereocenters. The standard InChI is InChI=1S/C18H17F3O5/c1-16(15(24)25)9-3-4-12(14(22)23)13(16)17(2,26)10-5-7-11(8-6-10)18(19,20)21/h3-9,13,26H,1-2H3,(H,22,23)(H,24,25). The van der Waals surface area contributed by atoms with Crippen LogP contribution in [0, 0.1) is 11.3 Å². The first-order valence-corrected chi connectivity index (χ1v) is 7.58. The van der Waals surface area contributed by atoms with Crippen LogP contribution in [0.3, 0.4) is 0 Å². The smallest absolute Gasteiger partial charge is 0.416 e. The van der Waals surface area contributed by atoms with Crippen LogP contribution in [0.4, 0.5) is 13.2 Å². The summed E-state index contributed by atoms with van der Waals surface area (Å²) in [7, 11) is 0. The van der Waals surface area contributed by atoms with Crippen molar-refractivity contribution >= 4 is 11.9 Å². The maximum absolute atomic E-state index is 12.7. The van der Waals surface area contributed by atoms with Gasteiger partial charge in [0.1, 0.15) is 0 Å². The highest BCUT2D eigenvalue weighted by atomic mass is 19.4. The lowest BCUT2D eigenvalue weighted by molar-refractivity contribution is -0.154. The molecule has 5 nitrogen and oxygen atoms in total. The van der Waals surface area contributed by atoms with Crippen LogP contribution in [0.25, 0.3) is 0 Å². The quantitative estimate of drug-likeness (QED) is 0.757. The van der Waals surface area contributed by atoms with Gasteiger partial charge in [0.15, 0.2) is 0 Å². The molecule has 0 aliphatic heterocycles. The van der Waals surface area contributed by atoms with Crippen molar-refractivity contribution < 1.29 is 38.1 Å². The fourth-order valence-corrected chi connectivity index (χ4v) is 3.31. The molecule has 0 saturated heterocycles. The van der Waals surface area contributed by atoms with Gasteiger partial charge in [-0.3, -0.25) is 4.79 Å². The average Bonchev–Trinajstić information content (AvgIpc) is 2.53. The van der Waals surface area contributed by atoms with Crippen LogP contribution < -0.4 is 0 Å². The molecule has 3 N–H and O–H groups in total. The Labute approximate surface area is 147 Å². The fraction of sp³-hybridized carbons (Fsp3) is 0.333. The van der Waals surface area contributed by atoms with Gasteiger partial charge in [-0.2, -0.15) is 13.2 Å². The summed E-state index contributed by atoms with van der Waals surface area (Å²) >= 11 is 0. The number of carboxylic acids is 2. The summed E-state index contributed by atoms with van der Waals surface area (Å²) in [5.74, 6) is -4.21. The molecule has 0 aromatic heterocycles. The number of halogens is 3. The van der Waals surface area contributed by atoms with Crippen molar-refractivity contribution in [3.05, 3.63) is 59.2 Å². The highest BCUT2D eigenvalue weighted by Crippen LogP contribution is 2.48. The zero-order valence-corrected chi connectivity index (χ0v) is 13.9. The van der Waals surface area contributed by atoms with Gasteiger partial charge < -0.3 is 15.3 Å². The van der Waals surface area contributed by atoms with E-state index in [0.717, 1.165) is 24.3 Å². The summed E-state index contributed by atoms with van der Waals surface area (Å²) in [5, 5.41) is 30.1. The van der Waals surface area contributed by atoms with Gasteiger partial charge in [-0.15, -0.1) is 0 Å². The molecule has 8 heteroatoms. The van der Waals surface area contributed by atoms with E-state index in [1.807, 2.05) is 0 Å². The van der Waals surface area contributed by atoms with Crippen molar-refractivity contribution in [3.8, 4) is 0 Å². The predicted octanol–water partition coefficient (Wildman–Crippen LogP) is 3.20. The van der Waals surface area contributed by atoms with E-state index in [9.17, 15) is 38.1 Å². The molecule has 0 saturated carbocycles. The van der Waals surface area contributed by atoms with E-state index in [1.54, 1.807) is 0 Å². The van der Waals surface area contributed by atoms with Crippen LogP contribution in [0.15, 0.2) is 48.1 Å². The molecular weight excluding hydrogens is 353 g/mol. The monoisotopic (exact) mass is 370 g/mol. The summed E-state index contributed by atoms with van der Waals surface area (Å²) in [4.78, 5) is 23.4. The van der Waals surface area contributed by atoms with Crippen LogP contribution in [-0.4, -0.2) is 27.3 Å². The number of carbonyl (C=O) groups is 2. The number of alkyl halides is 3. The number of benzene rings is 1. The Balaban J connectivity index is 2.59. The maximum Gasteiger partial charge on any atom is 0.416 e. The van der Waals surface area contributed by atoms with Gasteiger partial charge in [-0.25, -0.2) is 4.79 Å². The number of allylic oxidation sites excluding steroid dienone is 2. The zero-order valence-electron chi connectivity index (χ0n) is 13.9. The first kappa shape index (κ1) is 19.7. The highest BCUT2D eigenvalue weighted by molar-refractivity contribution is 5.91. The van der Waals surface area contributed by atoms with E-state index in [0.29, 0.717) is 0 Å². The first-order valence-electron chi connectivity index (χ1n) is 7.58. The Morgan fingerprint density at radius 3 is 2.00 bits per heavy atom. The van der Waals surface area contributed by atoms with Crippen molar-refractivity contribution in [2.45, 2.75) is 25.6 Å². The minimum Gasteiger partial charge on any atom is -0.481 e. The summed E-state index contributed by atoms with van der Waals surface area (Å²) in [6, 6.07) is 3.54. The minimum absolute atomic E-state index is 0.0228. The number of hydrogen-bond donors (Lipinski definition) is 3. The van der Waals surface area contributed by atoms with Gasteiger partial charge >= 0.3 is 18.1 Å². The van der Waals surface area contributed by atoms with Gasteiger partial charge in [-0.05, 0) is 31.5 Å². The number of rotatable bonds is 4. The molecule has 0 spiro atoms. The van der Waals surface area contributed by atoms with Crippen LogP contribution in [0.2, 0.25) is 0 Å². The third-order valence-electron chi connectivity index (χ3n) is 4.70. The Morgan fingerprint density at radius 1 is 1.08 bits per heavy atom. The number of aliphatic carboxylic acids is 2. The van der Waals surface area contributed by atoms with E-state index >= 15 is 0 Å². The summed E-state index contributed by atoms with van der Waals surface area (Å²) in [5.41, 5.74) is -5.12. The van der Waals surface area contributed by atoms with Crippen LogP contribution >= 0.6 is 0 Å². The molecule has 3 unspecified atom stereocenters. The SMILES string of the molecule is CC1(C(=O)O)C=CC=C(C(=O)O)C1C(C)(O)c1ccc(C(F)(F)F)cc1. The van der Waals surface area contributed by atoms with Gasteiger partial charge in [0.25, 0.3) is 0 Å². The maximum atomic E-state index is 12.7. The minimum atomic E-state index is -4.57. The number of aliphatic hydroxyl groups is 1. The van der Waals surface area contributed by atoms with E-state index in [2.05, 4.69) is 0 Å². The Morgan fingerprint density at radius 2 is 1.58 bits per heavy atom. The van der Waals surface area contributed by atoms with Crippen molar-refractivity contribution in [1.82, 2.24) is 0 Å². The van der Waals surface area contributed by atoms with Crippen LogP contribution in [0.1, 0.15) is 25.0 Å². The first-order chi connectivity index (χ1) is 11.8. The fourth-order valence-electron chi connectivity index (χ4n) is 3.31. The molecular formula is C18H17F3O5. The molecule has 0 fully saturated rings. The van der Waals surface area contributed by atoms with Gasteiger partial charge in [-0.1, -0.05) is 30.4 Å². The third kappa shape index (κ3) is 3.24. The second-order valence-corrected chi connectivity index (χ2v) is 6.53. The number of carboxylic acid groups (broad SMARTS) is 2. The molecule has 140 valence electrons. The average molecular weight is 370 g/mol. The second kappa shape index (κ2) is 6.28. The predicted molar refractivity (Wildman–Crippen MR) is 85.1 cm³/mol. The van der Waals surface area contributed by atoms with E-state index in [4.69, 9.17) is 0 Å². The molecule has 1 aliphatic rings. The Kier molecular flexibility index (Phi) is 4.76. The highest BCUT2D eigenvalue weighted by Gasteiger charge is 2.53.